The zero-order valence-electron chi connectivity index (χ0n) is 11.4. The summed E-state index contributed by atoms with van der Waals surface area (Å²) in [5.41, 5.74) is 1.47. The lowest BCUT2D eigenvalue weighted by Gasteiger charge is -2.22. The topological polar surface area (TPSA) is 50.7 Å². The summed E-state index contributed by atoms with van der Waals surface area (Å²) in [6.07, 6.45) is 0. The Morgan fingerprint density at radius 1 is 1.10 bits per heavy atom. The smallest absolute Gasteiger partial charge is 0.161 e. The Morgan fingerprint density at radius 3 is 2.67 bits per heavy atom. The number of ether oxygens (including phenoxy) is 2. The van der Waals surface area contributed by atoms with Gasteiger partial charge in [-0.15, -0.1) is 0 Å². The lowest BCUT2D eigenvalue weighted by atomic mass is 10.1. The molecule has 0 saturated carbocycles. The summed E-state index contributed by atoms with van der Waals surface area (Å²) in [5.74, 6) is 1.05. The molecule has 110 valence electrons. The standard InChI is InChI=1S/C16H16FNO3/c17-12-2-1-3-13(9-12)18-14(10-19)11-4-5-15-16(8-11)21-7-6-20-15/h1-5,8-9,14,18-19H,6-7,10H2. The number of hydrogen-bond acceptors (Lipinski definition) is 4. The number of anilines is 1. The van der Waals surface area contributed by atoms with Gasteiger partial charge < -0.3 is 19.9 Å². The van der Waals surface area contributed by atoms with E-state index in [4.69, 9.17) is 9.47 Å². The highest BCUT2D eigenvalue weighted by molar-refractivity contribution is 5.49. The third-order valence-electron chi connectivity index (χ3n) is 3.32. The van der Waals surface area contributed by atoms with Crippen molar-refractivity contribution in [2.75, 3.05) is 25.1 Å². The van der Waals surface area contributed by atoms with Gasteiger partial charge in [0, 0.05) is 5.69 Å². The van der Waals surface area contributed by atoms with Gasteiger partial charge in [-0.1, -0.05) is 12.1 Å². The highest BCUT2D eigenvalue weighted by Crippen LogP contribution is 2.33. The van der Waals surface area contributed by atoms with Crippen LogP contribution in [0.5, 0.6) is 11.5 Å². The molecule has 2 N–H and O–H groups in total. The molecule has 0 fully saturated rings. The van der Waals surface area contributed by atoms with Crippen LogP contribution in [0.1, 0.15) is 11.6 Å². The Balaban J connectivity index is 1.82. The van der Waals surface area contributed by atoms with Gasteiger partial charge in [0.25, 0.3) is 0 Å². The molecule has 0 saturated heterocycles. The summed E-state index contributed by atoms with van der Waals surface area (Å²) < 4.78 is 24.2. The molecule has 4 nitrogen and oxygen atoms in total. The van der Waals surface area contributed by atoms with Crippen LogP contribution in [0.25, 0.3) is 0 Å². The maximum absolute atomic E-state index is 13.2. The minimum atomic E-state index is -0.345. The molecule has 0 radical (unpaired) electrons. The fraction of sp³-hybridized carbons (Fsp3) is 0.250. The molecule has 1 aliphatic heterocycles. The number of nitrogens with one attached hydrogen (secondary N) is 1. The summed E-state index contributed by atoms with van der Waals surface area (Å²) in [7, 11) is 0. The maximum atomic E-state index is 13.2. The average Bonchev–Trinajstić information content (AvgIpc) is 2.52. The molecule has 1 aliphatic rings. The first-order chi connectivity index (χ1) is 10.3. The van der Waals surface area contributed by atoms with E-state index in [1.165, 1.54) is 12.1 Å². The van der Waals surface area contributed by atoms with E-state index in [-0.39, 0.29) is 18.5 Å². The second-order valence-electron chi connectivity index (χ2n) is 4.79. The van der Waals surface area contributed by atoms with Gasteiger partial charge >= 0.3 is 0 Å². The molecule has 0 aliphatic carbocycles. The molecule has 3 rings (SSSR count). The van der Waals surface area contributed by atoms with Gasteiger partial charge in [0.2, 0.25) is 0 Å². The lowest BCUT2D eigenvalue weighted by molar-refractivity contribution is 0.171. The fourth-order valence-electron chi connectivity index (χ4n) is 2.29. The van der Waals surface area contributed by atoms with Crippen molar-refractivity contribution in [3.63, 3.8) is 0 Å². The SMILES string of the molecule is OCC(Nc1cccc(F)c1)c1ccc2c(c1)OCCO2. The third kappa shape index (κ3) is 3.08. The molecule has 0 spiro atoms. The molecular weight excluding hydrogens is 273 g/mol. The van der Waals surface area contributed by atoms with Gasteiger partial charge in [-0.3, -0.25) is 0 Å². The van der Waals surface area contributed by atoms with Crippen molar-refractivity contribution >= 4 is 5.69 Å². The number of aliphatic hydroxyl groups is 1. The van der Waals surface area contributed by atoms with Crippen molar-refractivity contribution in [1.29, 1.82) is 0 Å². The third-order valence-corrected chi connectivity index (χ3v) is 3.32. The van der Waals surface area contributed by atoms with E-state index in [2.05, 4.69) is 5.32 Å². The Bertz CT molecular complexity index is 633. The van der Waals surface area contributed by atoms with Crippen LogP contribution in [0.4, 0.5) is 10.1 Å². The van der Waals surface area contributed by atoms with Crippen molar-refractivity contribution < 1.29 is 19.0 Å². The van der Waals surface area contributed by atoms with Crippen molar-refractivity contribution in [3.8, 4) is 11.5 Å². The van der Waals surface area contributed by atoms with E-state index in [0.717, 1.165) is 5.56 Å². The molecule has 5 heteroatoms. The summed E-state index contributed by atoms with van der Waals surface area (Å²) in [5, 5.41) is 12.7. The molecule has 21 heavy (non-hydrogen) atoms. The quantitative estimate of drug-likeness (QED) is 0.908. The zero-order chi connectivity index (χ0) is 14.7. The number of hydrogen-bond donors (Lipinski definition) is 2. The highest BCUT2D eigenvalue weighted by atomic mass is 19.1. The highest BCUT2D eigenvalue weighted by Gasteiger charge is 2.16. The lowest BCUT2D eigenvalue weighted by Crippen LogP contribution is -2.18. The van der Waals surface area contributed by atoms with Crippen LogP contribution < -0.4 is 14.8 Å². The first-order valence-corrected chi connectivity index (χ1v) is 6.79. The first-order valence-electron chi connectivity index (χ1n) is 6.79. The number of fused-ring (bicyclic) bond motifs is 1. The molecule has 0 bridgehead atoms. The Morgan fingerprint density at radius 2 is 1.90 bits per heavy atom. The van der Waals surface area contributed by atoms with Crippen LogP contribution in [-0.4, -0.2) is 24.9 Å². The second-order valence-corrected chi connectivity index (χ2v) is 4.79. The molecule has 2 aromatic carbocycles. The van der Waals surface area contributed by atoms with Crippen LogP contribution in [-0.2, 0) is 0 Å². The number of benzene rings is 2. The first kappa shape index (κ1) is 13.7. The van der Waals surface area contributed by atoms with E-state index in [0.29, 0.717) is 30.4 Å². The largest absolute Gasteiger partial charge is 0.486 e. The normalized spacial score (nSPS) is 14.6. The van der Waals surface area contributed by atoms with Gasteiger partial charge in [-0.2, -0.15) is 0 Å². The Labute approximate surface area is 122 Å². The molecule has 1 unspecified atom stereocenters. The second kappa shape index (κ2) is 6.01. The molecular formula is C16H16FNO3. The van der Waals surface area contributed by atoms with Gasteiger partial charge in [0.15, 0.2) is 11.5 Å². The number of halogens is 1. The summed E-state index contributed by atoms with van der Waals surface area (Å²) >= 11 is 0. The molecule has 2 aromatic rings. The number of rotatable bonds is 4. The van der Waals surface area contributed by atoms with Crippen molar-refractivity contribution in [2.24, 2.45) is 0 Å². The van der Waals surface area contributed by atoms with E-state index < -0.39 is 0 Å². The van der Waals surface area contributed by atoms with E-state index in [9.17, 15) is 9.50 Å². The van der Waals surface area contributed by atoms with Crippen LogP contribution in [0.15, 0.2) is 42.5 Å². The minimum absolute atomic E-state index is 0.115. The van der Waals surface area contributed by atoms with Crippen LogP contribution in [0.3, 0.4) is 0 Å². The van der Waals surface area contributed by atoms with Gasteiger partial charge in [0.05, 0.1) is 12.6 Å². The maximum Gasteiger partial charge on any atom is 0.161 e. The molecule has 0 amide bonds. The molecule has 1 heterocycles. The van der Waals surface area contributed by atoms with Gasteiger partial charge in [-0.05, 0) is 35.9 Å². The Kier molecular flexibility index (Phi) is 3.92. The van der Waals surface area contributed by atoms with Crippen LogP contribution in [0.2, 0.25) is 0 Å². The van der Waals surface area contributed by atoms with Crippen LogP contribution in [0, 0.1) is 5.82 Å². The fourth-order valence-corrected chi connectivity index (χ4v) is 2.29. The van der Waals surface area contributed by atoms with E-state index in [1.807, 2.05) is 18.2 Å². The number of aliphatic hydroxyl groups excluding tert-OH is 1. The van der Waals surface area contributed by atoms with Gasteiger partial charge in [0.1, 0.15) is 19.0 Å². The van der Waals surface area contributed by atoms with Crippen molar-refractivity contribution in [2.45, 2.75) is 6.04 Å². The molecule has 1 atom stereocenters. The van der Waals surface area contributed by atoms with Gasteiger partial charge in [-0.25, -0.2) is 4.39 Å². The van der Waals surface area contributed by atoms with E-state index >= 15 is 0 Å². The predicted octanol–water partition coefficient (Wildman–Crippen LogP) is 2.74. The minimum Gasteiger partial charge on any atom is -0.486 e. The molecule has 0 aromatic heterocycles. The summed E-state index contributed by atoms with van der Waals surface area (Å²) in [6.45, 7) is 0.936. The Hall–Kier alpha value is -2.27. The van der Waals surface area contributed by atoms with Crippen LogP contribution >= 0.6 is 0 Å². The summed E-state index contributed by atoms with van der Waals surface area (Å²) in [4.78, 5) is 0. The van der Waals surface area contributed by atoms with Crippen molar-refractivity contribution in [3.05, 3.63) is 53.8 Å². The average molecular weight is 289 g/mol. The van der Waals surface area contributed by atoms with E-state index in [1.54, 1.807) is 12.1 Å². The zero-order valence-corrected chi connectivity index (χ0v) is 11.4. The summed E-state index contributed by atoms with van der Waals surface area (Å²) in [6, 6.07) is 11.3. The monoisotopic (exact) mass is 289 g/mol. The van der Waals surface area contributed by atoms with Crippen molar-refractivity contribution in [1.82, 2.24) is 0 Å². The predicted molar refractivity (Wildman–Crippen MR) is 77.3 cm³/mol.